The van der Waals surface area contributed by atoms with Gasteiger partial charge >= 0.3 is 0 Å². The average molecular weight is 284 g/mol. The maximum Gasteiger partial charge on any atom is 0.0177 e. The van der Waals surface area contributed by atoms with E-state index in [4.69, 9.17) is 0 Å². The molecule has 0 aliphatic heterocycles. The molecule has 1 nitrogen and oxygen atoms in total. The van der Waals surface area contributed by atoms with Crippen LogP contribution in [0.5, 0.6) is 0 Å². The highest BCUT2D eigenvalue weighted by Gasteiger charge is 2.11. The molecule has 1 aromatic rings. The SMILES string of the molecule is CCCNC(C)C(C)Cc1cccc(Br)c1. The highest BCUT2D eigenvalue weighted by atomic mass is 79.9. The normalized spacial score (nSPS) is 14.8. The van der Waals surface area contributed by atoms with E-state index in [1.165, 1.54) is 16.5 Å². The van der Waals surface area contributed by atoms with Crippen LogP contribution in [-0.2, 0) is 6.42 Å². The van der Waals surface area contributed by atoms with Crippen LogP contribution < -0.4 is 5.32 Å². The summed E-state index contributed by atoms with van der Waals surface area (Å²) in [5, 5.41) is 3.56. The molecule has 0 fully saturated rings. The molecule has 1 N–H and O–H groups in total. The molecule has 0 saturated heterocycles. The molecule has 0 bridgehead atoms. The number of hydrogen-bond acceptors (Lipinski definition) is 1. The molecule has 0 spiro atoms. The molecule has 2 heteroatoms. The quantitative estimate of drug-likeness (QED) is 0.832. The number of rotatable bonds is 6. The number of benzene rings is 1. The van der Waals surface area contributed by atoms with Crippen LogP contribution in [0.4, 0.5) is 0 Å². The monoisotopic (exact) mass is 283 g/mol. The summed E-state index contributed by atoms with van der Waals surface area (Å²) in [5.41, 5.74) is 1.41. The summed E-state index contributed by atoms with van der Waals surface area (Å²) in [6.45, 7) is 7.91. The second kappa shape index (κ2) is 7.08. The Labute approximate surface area is 108 Å². The lowest BCUT2D eigenvalue weighted by Gasteiger charge is -2.21. The molecule has 2 atom stereocenters. The van der Waals surface area contributed by atoms with Crippen molar-refractivity contribution in [2.45, 2.75) is 39.7 Å². The fraction of sp³-hybridized carbons (Fsp3) is 0.571. The van der Waals surface area contributed by atoms with E-state index in [1.807, 2.05) is 0 Å². The molecule has 0 heterocycles. The summed E-state index contributed by atoms with van der Waals surface area (Å²) in [7, 11) is 0. The first-order valence-corrected chi connectivity index (χ1v) is 6.90. The van der Waals surface area contributed by atoms with Gasteiger partial charge in [-0.3, -0.25) is 0 Å². The zero-order valence-corrected chi connectivity index (χ0v) is 12.0. The first kappa shape index (κ1) is 13.7. The van der Waals surface area contributed by atoms with Crippen LogP contribution in [0.15, 0.2) is 28.7 Å². The Kier molecular flexibility index (Phi) is 6.07. The molecule has 0 aliphatic carbocycles. The van der Waals surface area contributed by atoms with Crippen molar-refractivity contribution in [1.82, 2.24) is 5.32 Å². The molecule has 16 heavy (non-hydrogen) atoms. The summed E-state index contributed by atoms with van der Waals surface area (Å²) < 4.78 is 1.17. The molecular formula is C14H22BrN. The van der Waals surface area contributed by atoms with E-state index in [0.29, 0.717) is 12.0 Å². The number of hydrogen-bond donors (Lipinski definition) is 1. The average Bonchev–Trinajstić information content (AvgIpc) is 2.25. The van der Waals surface area contributed by atoms with Gasteiger partial charge in [0.25, 0.3) is 0 Å². The highest BCUT2D eigenvalue weighted by molar-refractivity contribution is 9.10. The third-order valence-electron chi connectivity index (χ3n) is 3.02. The fourth-order valence-electron chi connectivity index (χ4n) is 1.79. The summed E-state index contributed by atoms with van der Waals surface area (Å²) in [6, 6.07) is 9.18. The number of halogens is 1. The largest absolute Gasteiger partial charge is 0.314 e. The minimum Gasteiger partial charge on any atom is -0.314 e. The molecule has 0 aromatic heterocycles. The summed E-state index contributed by atoms with van der Waals surface area (Å²) in [5.74, 6) is 0.667. The van der Waals surface area contributed by atoms with Crippen molar-refractivity contribution >= 4 is 15.9 Å². The fourth-order valence-corrected chi connectivity index (χ4v) is 2.23. The van der Waals surface area contributed by atoms with Gasteiger partial charge in [0.15, 0.2) is 0 Å². The summed E-state index contributed by atoms with van der Waals surface area (Å²) in [6.07, 6.45) is 2.34. The Morgan fingerprint density at radius 1 is 1.31 bits per heavy atom. The lowest BCUT2D eigenvalue weighted by Crippen LogP contribution is -2.33. The maximum atomic E-state index is 3.56. The summed E-state index contributed by atoms with van der Waals surface area (Å²) in [4.78, 5) is 0. The van der Waals surface area contributed by atoms with E-state index < -0.39 is 0 Å². The van der Waals surface area contributed by atoms with Crippen molar-refractivity contribution in [2.75, 3.05) is 6.54 Å². The Balaban J connectivity index is 2.47. The van der Waals surface area contributed by atoms with Gasteiger partial charge in [-0.2, -0.15) is 0 Å². The predicted molar refractivity (Wildman–Crippen MR) is 74.8 cm³/mol. The molecule has 0 radical (unpaired) electrons. The van der Waals surface area contributed by atoms with Gasteiger partial charge in [-0.1, -0.05) is 41.9 Å². The first-order valence-electron chi connectivity index (χ1n) is 6.11. The topological polar surface area (TPSA) is 12.0 Å². The van der Waals surface area contributed by atoms with Gasteiger partial charge < -0.3 is 5.32 Å². The smallest absolute Gasteiger partial charge is 0.0177 e. The van der Waals surface area contributed by atoms with Gasteiger partial charge in [0.1, 0.15) is 0 Å². The third kappa shape index (κ3) is 4.67. The minimum absolute atomic E-state index is 0.582. The van der Waals surface area contributed by atoms with Crippen LogP contribution in [0, 0.1) is 5.92 Å². The van der Waals surface area contributed by atoms with E-state index in [2.05, 4.69) is 66.3 Å². The lowest BCUT2D eigenvalue weighted by molar-refractivity contribution is 0.399. The summed E-state index contributed by atoms with van der Waals surface area (Å²) >= 11 is 3.52. The van der Waals surface area contributed by atoms with Gasteiger partial charge in [-0.15, -0.1) is 0 Å². The molecule has 0 aliphatic rings. The van der Waals surface area contributed by atoms with Crippen molar-refractivity contribution in [2.24, 2.45) is 5.92 Å². The molecule has 2 unspecified atom stereocenters. The Hall–Kier alpha value is -0.340. The number of nitrogens with one attached hydrogen (secondary N) is 1. The first-order chi connectivity index (χ1) is 7.63. The van der Waals surface area contributed by atoms with E-state index in [1.54, 1.807) is 0 Å². The van der Waals surface area contributed by atoms with Crippen LogP contribution in [0.25, 0.3) is 0 Å². The molecule has 0 amide bonds. The Bertz CT molecular complexity index is 311. The second-order valence-electron chi connectivity index (χ2n) is 4.55. The molecule has 1 rings (SSSR count). The van der Waals surface area contributed by atoms with Crippen molar-refractivity contribution in [3.05, 3.63) is 34.3 Å². The van der Waals surface area contributed by atoms with Gasteiger partial charge in [-0.25, -0.2) is 0 Å². The van der Waals surface area contributed by atoms with Crippen molar-refractivity contribution < 1.29 is 0 Å². The van der Waals surface area contributed by atoms with Crippen LogP contribution in [-0.4, -0.2) is 12.6 Å². The second-order valence-corrected chi connectivity index (χ2v) is 5.47. The van der Waals surface area contributed by atoms with Gasteiger partial charge in [0.2, 0.25) is 0 Å². The minimum atomic E-state index is 0.582. The third-order valence-corrected chi connectivity index (χ3v) is 3.51. The molecule has 1 aromatic carbocycles. The van der Waals surface area contributed by atoms with Gasteiger partial charge in [0, 0.05) is 10.5 Å². The van der Waals surface area contributed by atoms with Crippen LogP contribution in [0.2, 0.25) is 0 Å². The molecular weight excluding hydrogens is 262 g/mol. The van der Waals surface area contributed by atoms with Crippen molar-refractivity contribution in [3.8, 4) is 0 Å². The van der Waals surface area contributed by atoms with Gasteiger partial charge in [0.05, 0.1) is 0 Å². The zero-order chi connectivity index (χ0) is 12.0. The molecule has 90 valence electrons. The maximum absolute atomic E-state index is 3.56. The van der Waals surface area contributed by atoms with Crippen LogP contribution in [0.3, 0.4) is 0 Å². The van der Waals surface area contributed by atoms with E-state index >= 15 is 0 Å². The molecule has 0 saturated carbocycles. The van der Waals surface area contributed by atoms with Crippen LogP contribution >= 0.6 is 15.9 Å². The standard InChI is InChI=1S/C14H22BrN/c1-4-8-16-12(3)11(2)9-13-6-5-7-14(15)10-13/h5-7,10-12,16H,4,8-9H2,1-3H3. The van der Waals surface area contributed by atoms with E-state index in [9.17, 15) is 0 Å². The Morgan fingerprint density at radius 2 is 2.06 bits per heavy atom. The predicted octanol–water partition coefficient (Wildman–Crippen LogP) is 4.02. The van der Waals surface area contributed by atoms with E-state index in [-0.39, 0.29) is 0 Å². The van der Waals surface area contributed by atoms with E-state index in [0.717, 1.165) is 13.0 Å². The van der Waals surface area contributed by atoms with Crippen molar-refractivity contribution in [1.29, 1.82) is 0 Å². The van der Waals surface area contributed by atoms with Crippen LogP contribution in [0.1, 0.15) is 32.8 Å². The van der Waals surface area contributed by atoms with Crippen molar-refractivity contribution in [3.63, 3.8) is 0 Å². The Morgan fingerprint density at radius 3 is 2.69 bits per heavy atom. The zero-order valence-electron chi connectivity index (χ0n) is 10.5. The lowest BCUT2D eigenvalue weighted by atomic mass is 9.95. The van der Waals surface area contributed by atoms with Gasteiger partial charge in [-0.05, 0) is 49.9 Å². The highest BCUT2D eigenvalue weighted by Crippen LogP contribution is 2.16.